The van der Waals surface area contributed by atoms with Gasteiger partial charge in [-0.25, -0.2) is 9.78 Å². The van der Waals surface area contributed by atoms with Gasteiger partial charge in [-0.05, 0) is 36.2 Å². The molecule has 4 aromatic rings. The van der Waals surface area contributed by atoms with Gasteiger partial charge < -0.3 is 5.11 Å². The van der Waals surface area contributed by atoms with Gasteiger partial charge in [0.1, 0.15) is 0 Å². The Morgan fingerprint density at radius 1 is 0.808 bits per heavy atom. The molecule has 126 valence electrons. The van der Waals surface area contributed by atoms with Crippen molar-refractivity contribution in [3.63, 3.8) is 0 Å². The smallest absolute Gasteiger partial charge is 0.336 e. The summed E-state index contributed by atoms with van der Waals surface area (Å²) >= 11 is 0. The molecule has 0 saturated carbocycles. The monoisotopic (exact) mass is 339 g/mol. The molecule has 3 aromatic carbocycles. The summed E-state index contributed by atoms with van der Waals surface area (Å²) in [5.41, 5.74) is 5.81. The standard InChI is InChI=1S/C23H17NO2/c1-15-7-12-21-19(13-15)20(23(25)26)14-22(24-21)18-10-8-17(9-11-18)16-5-3-2-4-6-16/h2-14H,1H3,(H,25,26). The molecule has 1 aromatic heterocycles. The lowest BCUT2D eigenvalue weighted by atomic mass is 10.00. The number of nitrogens with zero attached hydrogens (tertiary/aromatic N) is 1. The molecular formula is C23H17NO2. The van der Waals surface area contributed by atoms with E-state index >= 15 is 0 Å². The number of fused-ring (bicyclic) bond motifs is 1. The minimum absolute atomic E-state index is 0.279. The molecular weight excluding hydrogens is 322 g/mol. The van der Waals surface area contributed by atoms with Crippen molar-refractivity contribution in [3.8, 4) is 22.4 Å². The van der Waals surface area contributed by atoms with Crippen LogP contribution in [0, 0.1) is 6.92 Å². The highest BCUT2D eigenvalue weighted by molar-refractivity contribution is 6.04. The molecule has 3 nitrogen and oxygen atoms in total. The van der Waals surface area contributed by atoms with Crippen molar-refractivity contribution >= 4 is 16.9 Å². The van der Waals surface area contributed by atoms with E-state index in [1.54, 1.807) is 6.07 Å². The Morgan fingerprint density at radius 3 is 2.15 bits per heavy atom. The van der Waals surface area contributed by atoms with E-state index in [-0.39, 0.29) is 5.56 Å². The third-order valence-electron chi connectivity index (χ3n) is 4.48. The Kier molecular flexibility index (Phi) is 3.98. The zero-order valence-electron chi connectivity index (χ0n) is 14.3. The number of hydrogen-bond donors (Lipinski definition) is 1. The first kappa shape index (κ1) is 16.0. The minimum atomic E-state index is -0.940. The number of pyridine rings is 1. The molecule has 0 aliphatic rings. The molecule has 0 unspecified atom stereocenters. The average molecular weight is 339 g/mol. The number of aromatic nitrogens is 1. The van der Waals surface area contributed by atoms with Gasteiger partial charge >= 0.3 is 5.97 Å². The Morgan fingerprint density at radius 2 is 1.46 bits per heavy atom. The van der Waals surface area contributed by atoms with E-state index in [9.17, 15) is 9.90 Å². The molecule has 0 radical (unpaired) electrons. The summed E-state index contributed by atoms with van der Waals surface area (Å²) < 4.78 is 0. The van der Waals surface area contributed by atoms with Crippen molar-refractivity contribution in [2.75, 3.05) is 0 Å². The number of carboxylic acid groups (broad SMARTS) is 1. The van der Waals surface area contributed by atoms with Gasteiger partial charge in [0, 0.05) is 10.9 Å². The van der Waals surface area contributed by atoms with Gasteiger partial charge in [-0.3, -0.25) is 0 Å². The van der Waals surface area contributed by atoms with E-state index in [1.807, 2.05) is 67.6 Å². The number of carbonyl (C=O) groups is 1. The molecule has 0 spiro atoms. The highest BCUT2D eigenvalue weighted by Crippen LogP contribution is 2.28. The normalized spacial score (nSPS) is 10.8. The third kappa shape index (κ3) is 2.95. The number of benzene rings is 3. The summed E-state index contributed by atoms with van der Waals surface area (Å²) in [4.78, 5) is 16.4. The molecule has 0 aliphatic heterocycles. The lowest BCUT2D eigenvalue weighted by Gasteiger charge is -2.09. The molecule has 4 rings (SSSR count). The van der Waals surface area contributed by atoms with Gasteiger partial charge in [0.2, 0.25) is 0 Å². The van der Waals surface area contributed by atoms with Gasteiger partial charge in [0.05, 0.1) is 16.8 Å². The van der Waals surface area contributed by atoms with Crippen molar-refractivity contribution < 1.29 is 9.90 Å². The number of aryl methyl sites for hydroxylation is 1. The van der Waals surface area contributed by atoms with Crippen LogP contribution in [0.2, 0.25) is 0 Å². The van der Waals surface area contributed by atoms with Crippen LogP contribution in [0.3, 0.4) is 0 Å². The number of aromatic carboxylic acids is 1. The van der Waals surface area contributed by atoms with Crippen molar-refractivity contribution in [1.29, 1.82) is 0 Å². The van der Waals surface area contributed by atoms with Crippen LogP contribution in [-0.2, 0) is 0 Å². The van der Waals surface area contributed by atoms with Crippen molar-refractivity contribution in [3.05, 3.63) is 90.0 Å². The zero-order valence-corrected chi connectivity index (χ0v) is 14.3. The Labute approximate surface area is 151 Å². The van der Waals surface area contributed by atoms with Gasteiger partial charge in [0.25, 0.3) is 0 Å². The Balaban J connectivity index is 1.81. The van der Waals surface area contributed by atoms with Gasteiger partial charge in [0.15, 0.2) is 0 Å². The maximum Gasteiger partial charge on any atom is 0.336 e. The summed E-state index contributed by atoms with van der Waals surface area (Å²) in [6, 6.07) is 25.5. The summed E-state index contributed by atoms with van der Waals surface area (Å²) in [6.07, 6.45) is 0. The number of hydrogen-bond acceptors (Lipinski definition) is 2. The van der Waals surface area contributed by atoms with E-state index in [0.717, 1.165) is 22.3 Å². The molecule has 0 atom stereocenters. The molecule has 0 bridgehead atoms. The van der Waals surface area contributed by atoms with Crippen LogP contribution in [0.5, 0.6) is 0 Å². The molecule has 1 heterocycles. The number of rotatable bonds is 3. The highest BCUT2D eigenvalue weighted by Gasteiger charge is 2.13. The fourth-order valence-corrected chi connectivity index (χ4v) is 3.13. The van der Waals surface area contributed by atoms with Crippen LogP contribution < -0.4 is 0 Å². The second-order valence-electron chi connectivity index (χ2n) is 6.32. The Bertz CT molecular complexity index is 1100. The lowest BCUT2D eigenvalue weighted by molar-refractivity contribution is 0.0699. The largest absolute Gasteiger partial charge is 0.478 e. The lowest BCUT2D eigenvalue weighted by Crippen LogP contribution is -2.00. The summed E-state index contributed by atoms with van der Waals surface area (Å²) in [6.45, 7) is 1.95. The van der Waals surface area contributed by atoms with E-state index in [4.69, 9.17) is 0 Å². The quantitative estimate of drug-likeness (QED) is 0.530. The van der Waals surface area contributed by atoms with Crippen LogP contribution in [0.1, 0.15) is 15.9 Å². The Hall–Kier alpha value is -3.46. The molecule has 0 amide bonds. The van der Waals surface area contributed by atoms with E-state index in [2.05, 4.69) is 17.1 Å². The summed E-state index contributed by atoms with van der Waals surface area (Å²) in [5, 5.41) is 10.3. The number of carboxylic acids is 1. The van der Waals surface area contributed by atoms with Crippen LogP contribution in [0.25, 0.3) is 33.3 Å². The fraction of sp³-hybridized carbons (Fsp3) is 0.0435. The molecule has 0 aliphatic carbocycles. The first-order chi connectivity index (χ1) is 12.6. The van der Waals surface area contributed by atoms with Crippen LogP contribution in [0.15, 0.2) is 78.9 Å². The van der Waals surface area contributed by atoms with E-state index in [1.165, 1.54) is 0 Å². The molecule has 0 saturated heterocycles. The van der Waals surface area contributed by atoms with Gasteiger partial charge in [-0.2, -0.15) is 0 Å². The predicted molar refractivity (Wildman–Crippen MR) is 104 cm³/mol. The molecule has 0 fully saturated rings. The van der Waals surface area contributed by atoms with E-state index in [0.29, 0.717) is 16.6 Å². The average Bonchev–Trinajstić information content (AvgIpc) is 2.68. The highest BCUT2D eigenvalue weighted by atomic mass is 16.4. The van der Waals surface area contributed by atoms with Crippen molar-refractivity contribution in [1.82, 2.24) is 4.98 Å². The SMILES string of the molecule is Cc1ccc2nc(-c3ccc(-c4ccccc4)cc3)cc(C(=O)O)c2c1. The van der Waals surface area contributed by atoms with Crippen LogP contribution in [-0.4, -0.2) is 16.1 Å². The van der Waals surface area contributed by atoms with Crippen molar-refractivity contribution in [2.24, 2.45) is 0 Å². The third-order valence-corrected chi connectivity index (χ3v) is 4.48. The van der Waals surface area contributed by atoms with Gasteiger partial charge in [-0.1, -0.05) is 66.2 Å². The van der Waals surface area contributed by atoms with Crippen LogP contribution in [0.4, 0.5) is 0 Å². The molecule has 26 heavy (non-hydrogen) atoms. The first-order valence-corrected chi connectivity index (χ1v) is 8.42. The molecule has 3 heteroatoms. The summed E-state index contributed by atoms with van der Waals surface area (Å²) in [7, 11) is 0. The maximum absolute atomic E-state index is 11.7. The van der Waals surface area contributed by atoms with E-state index < -0.39 is 5.97 Å². The minimum Gasteiger partial charge on any atom is -0.478 e. The predicted octanol–water partition coefficient (Wildman–Crippen LogP) is 5.58. The fourth-order valence-electron chi connectivity index (χ4n) is 3.13. The second kappa shape index (κ2) is 6.45. The topological polar surface area (TPSA) is 50.2 Å². The molecule has 1 N–H and O–H groups in total. The zero-order chi connectivity index (χ0) is 18.1. The maximum atomic E-state index is 11.7. The van der Waals surface area contributed by atoms with Gasteiger partial charge in [-0.15, -0.1) is 0 Å². The first-order valence-electron chi connectivity index (χ1n) is 8.42. The summed E-state index contributed by atoms with van der Waals surface area (Å²) in [5.74, 6) is -0.940. The van der Waals surface area contributed by atoms with Crippen LogP contribution >= 0.6 is 0 Å². The van der Waals surface area contributed by atoms with Crippen molar-refractivity contribution in [2.45, 2.75) is 6.92 Å². The second-order valence-corrected chi connectivity index (χ2v) is 6.32.